The molecule has 1 amide bonds. The quantitative estimate of drug-likeness (QED) is 0.801. The van der Waals surface area contributed by atoms with E-state index in [-0.39, 0.29) is 23.1 Å². The molecule has 1 N–H and O–H groups in total. The van der Waals surface area contributed by atoms with Crippen LogP contribution in [0.15, 0.2) is 59.5 Å². The molecule has 0 saturated carbocycles. The van der Waals surface area contributed by atoms with Gasteiger partial charge >= 0.3 is 0 Å². The fraction of sp³-hybridized carbons (Fsp3) is 0.300. The zero-order valence-corrected chi connectivity index (χ0v) is 15.9. The van der Waals surface area contributed by atoms with Gasteiger partial charge in [-0.05, 0) is 56.2 Å². The van der Waals surface area contributed by atoms with Gasteiger partial charge in [0.25, 0.3) is 0 Å². The lowest BCUT2D eigenvalue weighted by atomic mass is 9.98. The van der Waals surface area contributed by atoms with E-state index in [0.29, 0.717) is 30.6 Å². The lowest BCUT2D eigenvalue weighted by Crippen LogP contribution is -2.43. The Kier molecular flexibility index (Phi) is 5.72. The summed E-state index contributed by atoms with van der Waals surface area (Å²) in [4.78, 5) is 24.2. The fourth-order valence-corrected chi connectivity index (χ4v) is 4.69. The van der Waals surface area contributed by atoms with Crippen LogP contribution in [0.2, 0.25) is 0 Å². The van der Waals surface area contributed by atoms with Crippen molar-refractivity contribution in [3.8, 4) is 0 Å². The largest absolute Gasteiger partial charge is 0.326 e. The molecule has 1 aliphatic rings. The summed E-state index contributed by atoms with van der Waals surface area (Å²) >= 11 is 0. The second kappa shape index (κ2) is 8.02. The van der Waals surface area contributed by atoms with Gasteiger partial charge in [-0.1, -0.05) is 18.2 Å². The minimum Gasteiger partial charge on any atom is -0.326 e. The van der Waals surface area contributed by atoms with E-state index < -0.39 is 15.9 Å². The smallest absolute Gasteiger partial charge is 0.243 e. The molecule has 1 atom stereocenters. The lowest BCUT2D eigenvalue weighted by molar-refractivity contribution is -0.120. The number of nitrogens with one attached hydrogen (secondary N) is 1. The van der Waals surface area contributed by atoms with Crippen LogP contribution in [0.3, 0.4) is 0 Å². The summed E-state index contributed by atoms with van der Waals surface area (Å²) in [6.45, 7) is 2.06. The molecule has 0 aliphatic carbocycles. The summed E-state index contributed by atoms with van der Waals surface area (Å²) in [5.41, 5.74) is 1.17. The summed E-state index contributed by atoms with van der Waals surface area (Å²) in [6.07, 6.45) is 1.27. The number of benzene rings is 2. The molecule has 7 heteroatoms. The van der Waals surface area contributed by atoms with Gasteiger partial charge in [0.2, 0.25) is 15.9 Å². The highest BCUT2D eigenvalue weighted by Crippen LogP contribution is 2.24. The van der Waals surface area contributed by atoms with Crippen molar-refractivity contribution in [1.29, 1.82) is 0 Å². The Morgan fingerprint density at radius 3 is 2.33 bits per heavy atom. The molecule has 0 spiro atoms. The van der Waals surface area contributed by atoms with Crippen LogP contribution in [0, 0.1) is 5.92 Å². The number of anilines is 1. The average molecular weight is 386 g/mol. The van der Waals surface area contributed by atoms with Crippen LogP contribution in [0.1, 0.15) is 30.1 Å². The normalized spacial score (nSPS) is 18.0. The van der Waals surface area contributed by atoms with E-state index in [1.54, 1.807) is 54.6 Å². The van der Waals surface area contributed by atoms with Crippen LogP contribution in [-0.2, 0) is 14.8 Å². The molecule has 0 bridgehead atoms. The Labute approximate surface area is 159 Å². The van der Waals surface area contributed by atoms with Crippen molar-refractivity contribution in [3.63, 3.8) is 0 Å². The maximum absolute atomic E-state index is 12.8. The highest BCUT2D eigenvalue weighted by Gasteiger charge is 2.33. The number of amides is 1. The highest BCUT2D eigenvalue weighted by atomic mass is 32.2. The fourth-order valence-electron chi connectivity index (χ4n) is 3.15. The molecular formula is C20H22N2O4S. The van der Waals surface area contributed by atoms with Crippen molar-refractivity contribution in [2.75, 3.05) is 18.4 Å². The first-order chi connectivity index (χ1) is 12.9. The number of carbonyl (C=O) groups excluding carboxylic acids is 2. The van der Waals surface area contributed by atoms with E-state index >= 15 is 0 Å². The van der Waals surface area contributed by atoms with E-state index in [0.717, 1.165) is 0 Å². The van der Waals surface area contributed by atoms with E-state index in [1.165, 1.54) is 11.2 Å². The summed E-state index contributed by atoms with van der Waals surface area (Å²) < 4.78 is 26.9. The molecule has 0 radical (unpaired) electrons. The molecular weight excluding hydrogens is 364 g/mol. The standard InChI is InChI=1S/C20H22N2O4S/c1-15(23)16-9-11-18(12-10-16)21-20(24)17-6-5-13-22(14-17)27(25,26)19-7-3-2-4-8-19/h2-4,7-12,17H,5-6,13-14H2,1H3,(H,21,24). The number of ketones is 1. The van der Waals surface area contributed by atoms with Crippen molar-refractivity contribution >= 4 is 27.4 Å². The highest BCUT2D eigenvalue weighted by molar-refractivity contribution is 7.89. The Morgan fingerprint density at radius 2 is 1.70 bits per heavy atom. The number of hydrogen-bond donors (Lipinski definition) is 1. The van der Waals surface area contributed by atoms with E-state index in [2.05, 4.69) is 5.32 Å². The number of Topliss-reactive ketones (excluding diaryl/α,β-unsaturated/α-hetero) is 1. The van der Waals surface area contributed by atoms with Crippen molar-refractivity contribution in [2.45, 2.75) is 24.7 Å². The van der Waals surface area contributed by atoms with Gasteiger partial charge in [0.05, 0.1) is 10.8 Å². The van der Waals surface area contributed by atoms with Crippen LogP contribution in [-0.4, -0.2) is 37.5 Å². The number of hydrogen-bond acceptors (Lipinski definition) is 4. The molecule has 1 aliphatic heterocycles. The van der Waals surface area contributed by atoms with E-state index in [4.69, 9.17) is 0 Å². The van der Waals surface area contributed by atoms with Crippen LogP contribution in [0.4, 0.5) is 5.69 Å². The zero-order valence-electron chi connectivity index (χ0n) is 15.1. The second-order valence-electron chi connectivity index (χ2n) is 6.64. The molecule has 27 heavy (non-hydrogen) atoms. The summed E-state index contributed by atoms with van der Waals surface area (Å²) in [6, 6.07) is 14.9. The summed E-state index contributed by atoms with van der Waals surface area (Å²) in [5.74, 6) is -0.662. The maximum Gasteiger partial charge on any atom is 0.243 e. The molecule has 142 valence electrons. The van der Waals surface area contributed by atoms with E-state index in [9.17, 15) is 18.0 Å². The van der Waals surface area contributed by atoms with Gasteiger partial charge in [0, 0.05) is 24.3 Å². The van der Waals surface area contributed by atoms with Crippen LogP contribution < -0.4 is 5.32 Å². The van der Waals surface area contributed by atoms with Gasteiger partial charge in [0.1, 0.15) is 0 Å². The zero-order chi connectivity index (χ0) is 19.4. The predicted octanol–water partition coefficient (Wildman–Crippen LogP) is 2.93. The topological polar surface area (TPSA) is 83.6 Å². The van der Waals surface area contributed by atoms with Crippen LogP contribution >= 0.6 is 0 Å². The van der Waals surface area contributed by atoms with Crippen molar-refractivity contribution < 1.29 is 18.0 Å². The third-order valence-electron chi connectivity index (χ3n) is 4.69. The molecule has 1 unspecified atom stereocenters. The monoisotopic (exact) mass is 386 g/mol. The van der Waals surface area contributed by atoms with Gasteiger partial charge in [-0.3, -0.25) is 9.59 Å². The molecule has 1 fully saturated rings. The Bertz CT molecular complexity index is 924. The number of carbonyl (C=O) groups is 2. The minimum absolute atomic E-state index is 0.0399. The number of piperidine rings is 1. The van der Waals surface area contributed by atoms with Crippen molar-refractivity contribution in [1.82, 2.24) is 4.31 Å². The van der Waals surface area contributed by atoms with Gasteiger partial charge in [-0.15, -0.1) is 0 Å². The summed E-state index contributed by atoms with van der Waals surface area (Å²) in [7, 11) is -3.60. The second-order valence-corrected chi connectivity index (χ2v) is 8.58. The molecule has 1 saturated heterocycles. The Hall–Kier alpha value is -2.51. The van der Waals surface area contributed by atoms with Crippen LogP contribution in [0.25, 0.3) is 0 Å². The minimum atomic E-state index is -3.60. The molecule has 6 nitrogen and oxygen atoms in total. The number of sulfonamides is 1. The molecule has 3 rings (SSSR count). The third-order valence-corrected chi connectivity index (χ3v) is 6.57. The third kappa shape index (κ3) is 4.43. The first kappa shape index (κ1) is 19.3. The lowest BCUT2D eigenvalue weighted by Gasteiger charge is -2.31. The molecule has 2 aromatic carbocycles. The van der Waals surface area contributed by atoms with Gasteiger partial charge in [-0.25, -0.2) is 8.42 Å². The number of rotatable bonds is 5. The summed E-state index contributed by atoms with van der Waals surface area (Å²) in [5, 5.41) is 2.82. The Morgan fingerprint density at radius 1 is 1.04 bits per heavy atom. The Balaban J connectivity index is 1.68. The molecule has 2 aromatic rings. The van der Waals surface area contributed by atoms with Crippen LogP contribution in [0.5, 0.6) is 0 Å². The molecule has 1 heterocycles. The van der Waals surface area contributed by atoms with Gasteiger partial charge in [0.15, 0.2) is 5.78 Å². The maximum atomic E-state index is 12.8. The van der Waals surface area contributed by atoms with E-state index in [1.807, 2.05) is 0 Å². The van der Waals surface area contributed by atoms with Gasteiger partial charge in [-0.2, -0.15) is 4.31 Å². The van der Waals surface area contributed by atoms with Crippen molar-refractivity contribution in [3.05, 3.63) is 60.2 Å². The van der Waals surface area contributed by atoms with Gasteiger partial charge < -0.3 is 5.32 Å². The first-order valence-corrected chi connectivity index (χ1v) is 10.3. The molecule has 0 aromatic heterocycles. The predicted molar refractivity (Wildman–Crippen MR) is 103 cm³/mol. The van der Waals surface area contributed by atoms with Crippen molar-refractivity contribution in [2.24, 2.45) is 5.92 Å². The average Bonchev–Trinajstić information content (AvgIpc) is 2.69. The first-order valence-electron chi connectivity index (χ1n) is 8.85. The number of nitrogens with zero attached hydrogens (tertiary/aromatic N) is 1. The SMILES string of the molecule is CC(=O)c1ccc(NC(=O)C2CCCN(S(=O)(=O)c3ccccc3)C2)cc1.